The summed E-state index contributed by atoms with van der Waals surface area (Å²) in [6.45, 7) is 13.3. The minimum atomic E-state index is -2.52. The van der Waals surface area contributed by atoms with E-state index in [1.54, 1.807) is 0 Å². The lowest BCUT2D eigenvalue weighted by molar-refractivity contribution is 0.0208. The quantitative estimate of drug-likeness (QED) is 0.525. The Labute approximate surface area is 138 Å². The highest BCUT2D eigenvalue weighted by Gasteiger charge is 2.49. The molecule has 1 saturated carbocycles. The zero-order valence-corrected chi connectivity index (χ0v) is 16.2. The molecule has 0 bridgehead atoms. The van der Waals surface area contributed by atoms with Crippen molar-refractivity contribution in [3.8, 4) is 0 Å². The number of hydrogen-bond acceptors (Lipinski definition) is 4. The van der Waals surface area contributed by atoms with Crippen molar-refractivity contribution in [2.75, 3.05) is 26.4 Å². The highest BCUT2D eigenvalue weighted by Crippen LogP contribution is 2.41. The Bertz CT molecular complexity index is 263. The first kappa shape index (κ1) is 20.1. The lowest BCUT2D eigenvalue weighted by atomic mass is 9.89. The fraction of sp³-hybridized carbons (Fsp3) is 1.00. The zero-order valence-electron chi connectivity index (χ0n) is 15.2. The van der Waals surface area contributed by atoms with E-state index in [4.69, 9.17) is 18.0 Å². The van der Waals surface area contributed by atoms with Crippen LogP contribution in [0, 0.1) is 5.92 Å². The van der Waals surface area contributed by atoms with Crippen LogP contribution < -0.4 is 0 Å². The van der Waals surface area contributed by atoms with Gasteiger partial charge in [0.1, 0.15) is 0 Å². The van der Waals surface area contributed by atoms with Crippen LogP contribution in [0.3, 0.4) is 0 Å². The SMILES string of the molecule is CCO[Si](OCC)(OCC)C1CCC(COC(C)CC)CC1. The number of hydrogen-bond donors (Lipinski definition) is 0. The molecule has 0 aliphatic heterocycles. The van der Waals surface area contributed by atoms with Gasteiger partial charge in [0.05, 0.1) is 6.10 Å². The molecule has 0 heterocycles. The molecule has 0 saturated heterocycles. The summed E-state index contributed by atoms with van der Waals surface area (Å²) in [6.07, 6.45) is 6.14. The fourth-order valence-corrected chi connectivity index (χ4v) is 6.39. The van der Waals surface area contributed by atoms with E-state index in [9.17, 15) is 0 Å². The van der Waals surface area contributed by atoms with E-state index < -0.39 is 8.80 Å². The van der Waals surface area contributed by atoms with E-state index in [0.717, 1.165) is 25.9 Å². The van der Waals surface area contributed by atoms with Gasteiger partial charge in [-0.1, -0.05) is 6.92 Å². The van der Waals surface area contributed by atoms with Crippen LogP contribution in [0.4, 0.5) is 0 Å². The summed E-state index contributed by atoms with van der Waals surface area (Å²) in [5.74, 6) is 0.682. The lowest BCUT2D eigenvalue weighted by Gasteiger charge is -2.39. The lowest BCUT2D eigenvalue weighted by Crippen LogP contribution is -2.51. The van der Waals surface area contributed by atoms with Crippen molar-refractivity contribution >= 4 is 8.80 Å². The smallest absolute Gasteiger partial charge is 0.378 e. The molecule has 5 heteroatoms. The maximum absolute atomic E-state index is 6.06. The van der Waals surface area contributed by atoms with Gasteiger partial charge in [-0.3, -0.25) is 0 Å². The van der Waals surface area contributed by atoms with E-state index in [0.29, 0.717) is 37.4 Å². The minimum Gasteiger partial charge on any atom is -0.378 e. The van der Waals surface area contributed by atoms with Gasteiger partial charge in [0.15, 0.2) is 0 Å². The van der Waals surface area contributed by atoms with Crippen LogP contribution in [-0.4, -0.2) is 41.3 Å². The first-order chi connectivity index (χ1) is 10.6. The van der Waals surface area contributed by atoms with E-state index in [2.05, 4.69) is 13.8 Å². The fourth-order valence-electron chi connectivity index (χ4n) is 3.18. The molecule has 1 atom stereocenters. The molecule has 0 aromatic rings. The highest BCUT2D eigenvalue weighted by atomic mass is 28.4. The molecular formula is C17H36O4Si. The van der Waals surface area contributed by atoms with E-state index in [-0.39, 0.29) is 0 Å². The zero-order chi connectivity index (χ0) is 16.4. The molecule has 22 heavy (non-hydrogen) atoms. The third-order valence-electron chi connectivity index (χ3n) is 4.57. The third kappa shape index (κ3) is 5.93. The van der Waals surface area contributed by atoms with E-state index >= 15 is 0 Å². The van der Waals surface area contributed by atoms with Crippen molar-refractivity contribution in [1.82, 2.24) is 0 Å². The van der Waals surface area contributed by atoms with Gasteiger partial charge in [-0.2, -0.15) is 0 Å². The van der Waals surface area contributed by atoms with Crippen molar-refractivity contribution in [2.24, 2.45) is 5.92 Å². The van der Waals surface area contributed by atoms with Gasteiger partial charge in [0.25, 0.3) is 0 Å². The second kappa shape index (κ2) is 10.8. The molecule has 0 aromatic carbocycles. The molecule has 1 rings (SSSR count). The molecule has 0 radical (unpaired) electrons. The summed E-state index contributed by atoms with van der Waals surface area (Å²) in [5.41, 5.74) is 0.451. The monoisotopic (exact) mass is 332 g/mol. The maximum atomic E-state index is 6.06. The summed E-state index contributed by atoms with van der Waals surface area (Å²) in [7, 11) is -2.52. The molecule has 1 aliphatic rings. The second-order valence-electron chi connectivity index (χ2n) is 6.17. The Morgan fingerprint density at radius 3 is 1.77 bits per heavy atom. The molecule has 1 aliphatic carbocycles. The van der Waals surface area contributed by atoms with Gasteiger partial charge in [-0.05, 0) is 65.7 Å². The van der Waals surface area contributed by atoms with E-state index in [1.807, 2.05) is 20.8 Å². The Morgan fingerprint density at radius 1 is 0.864 bits per heavy atom. The summed E-state index contributed by atoms with van der Waals surface area (Å²) >= 11 is 0. The minimum absolute atomic E-state index is 0.376. The van der Waals surface area contributed by atoms with Crippen LogP contribution in [0.25, 0.3) is 0 Å². The topological polar surface area (TPSA) is 36.9 Å². The van der Waals surface area contributed by atoms with Crippen molar-refractivity contribution < 1.29 is 18.0 Å². The largest absolute Gasteiger partial charge is 0.504 e. The number of ether oxygens (including phenoxy) is 1. The van der Waals surface area contributed by atoms with Gasteiger partial charge in [-0.15, -0.1) is 0 Å². The summed E-state index contributed by atoms with van der Waals surface area (Å²) in [6, 6.07) is 0. The van der Waals surface area contributed by atoms with Crippen LogP contribution in [0.15, 0.2) is 0 Å². The highest BCUT2D eigenvalue weighted by molar-refractivity contribution is 6.62. The first-order valence-corrected chi connectivity index (χ1v) is 10.9. The van der Waals surface area contributed by atoms with Crippen LogP contribution in [0.2, 0.25) is 5.54 Å². The van der Waals surface area contributed by atoms with Crippen molar-refractivity contribution in [3.63, 3.8) is 0 Å². The molecule has 0 amide bonds. The Balaban J connectivity index is 2.54. The van der Waals surface area contributed by atoms with Crippen molar-refractivity contribution in [3.05, 3.63) is 0 Å². The van der Waals surface area contributed by atoms with Gasteiger partial charge in [0, 0.05) is 32.0 Å². The van der Waals surface area contributed by atoms with Crippen LogP contribution in [0.1, 0.15) is 66.7 Å². The van der Waals surface area contributed by atoms with Gasteiger partial charge in [-0.25, -0.2) is 0 Å². The van der Waals surface area contributed by atoms with Crippen LogP contribution in [-0.2, 0) is 18.0 Å². The molecular weight excluding hydrogens is 296 g/mol. The molecule has 1 unspecified atom stereocenters. The van der Waals surface area contributed by atoms with Crippen LogP contribution in [0.5, 0.6) is 0 Å². The van der Waals surface area contributed by atoms with Gasteiger partial charge in [0.2, 0.25) is 0 Å². The van der Waals surface area contributed by atoms with Gasteiger partial charge < -0.3 is 18.0 Å². The summed E-state index contributed by atoms with van der Waals surface area (Å²) < 4.78 is 24.1. The summed E-state index contributed by atoms with van der Waals surface area (Å²) in [4.78, 5) is 0. The van der Waals surface area contributed by atoms with Crippen molar-refractivity contribution in [1.29, 1.82) is 0 Å². The predicted octanol–water partition coefficient (Wildman–Crippen LogP) is 4.41. The Morgan fingerprint density at radius 2 is 1.36 bits per heavy atom. The average molecular weight is 333 g/mol. The Kier molecular flexibility index (Phi) is 9.83. The first-order valence-electron chi connectivity index (χ1n) is 9.15. The Hall–Kier alpha value is 0.0569. The molecule has 0 N–H and O–H groups in total. The normalized spacial score (nSPS) is 24.4. The summed E-state index contributed by atoms with van der Waals surface area (Å²) in [5, 5.41) is 0. The van der Waals surface area contributed by atoms with Crippen molar-refractivity contribution in [2.45, 2.75) is 78.4 Å². The molecule has 1 fully saturated rings. The predicted molar refractivity (Wildman–Crippen MR) is 92.0 cm³/mol. The van der Waals surface area contributed by atoms with E-state index in [1.165, 1.54) is 12.8 Å². The standard InChI is InChI=1S/C17H36O4Si/c1-6-15(5)18-14-16-10-12-17(13-11-16)22(19-7-2,20-8-3)21-9-4/h15-17H,6-14H2,1-5H3. The average Bonchev–Trinajstić information content (AvgIpc) is 2.53. The molecule has 0 spiro atoms. The molecule has 0 aromatic heterocycles. The maximum Gasteiger partial charge on any atom is 0.504 e. The third-order valence-corrected chi connectivity index (χ3v) is 8.23. The second-order valence-corrected chi connectivity index (χ2v) is 9.06. The van der Waals surface area contributed by atoms with Gasteiger partial charge >= 0.3 is 8.80 Å². The van der Waals surface area contributed by atoms with Crippen LogP contribution >= 0.6 is 0 Å². The molecule has 4 nitrogen and oxygen atoms in total. The molecule has 132 valence electrons. The number of rotatable bonds is 11.